The predicted octanol–water partition coefficient (Wildman–Crippen LogP) is 2.84. The molecule has 1 amide bonds. The van der Waals surface area contributed by atoms with Crippen molar-refractivity contribution in [2.75, 3.05) is 31.3 Å². The minimum Gasteiger partial charge on any atom is -0.477 e. The number of rotatable bonds is 10. The number of carbonyl (C=O) groups excluding carboxylic acids is 1. The minimum absolute atomic E-state index is 0.235. The fraction of sp³-hybridized carbons (Fsp3) is 0.450. The van der Waals surface area contributed by atoms with Crippen LogP contribution in [0.3, 0.4) is 0 Å². The molecule has 0 aliphatic carbocycles. The Labute approximate surface area is 180 Å². The molecule has 2 N–H and O–H groups in total. The zero-order valence-electron chi connectivity index (χ0n) is 17.7. The van der Waals surface area contributed by atoms with Crippen LogP contribution in [-0.4, -0.2) is 56.6 Å². The van der Waals surface area contributed by atoms with Gasteiger partial charge in [0.15, 0.2) is 10.8 Å². The SMILES string of the molecule is CCOc1ncccc1C(=O)NCCn1ncc2c(NCC(C)C)nc(SC)nc21. The minimum atomic E-state index is -0.235. The number of carbonyl (C=O) groups is 1. The Kier molecular flexibility index (Phi) is 7.45. The number of nitrogens with one attached hydrogen (secondary N) is 2. The number of thioether (sulfide) groups is 1. The molecule has 0 saturated heterocycles. The molecule has 0 saturated carbocycles. The van der Waals surface area contributed by atoms with Crippen LogP contribution in [0.15, 0.2) is 29.7 Å². The topological polar surface area (TPSA) is 107 Å². The lowest BCUT2D eigenvalue weighted by Crippen LogP contribution is -2.28. The van der Waals surface area contributed by atoms with Gasteiger partial charge in [0.25, 0.3) is 5.91 Å². The number of anilines is 1. The van der Waals surface area contributed by atoms with Crippen molar-refractivity contribution in [3.8, 4) is 5.88 Å². The van der Waals surface area contributed by atoms with Gasteiger partial charge < -0.3 is 15.4 Å². The summed E-state index contributed by atoms with van der Waals surface area (Å²) in [6.45, 7) is 8.28. The fourth-order valence-electron chi connectivity index (χ4n) is 2.81. The molecule has 30 heavy (non-hydrogen) atoms. The summed E-state index contributed by atoms with van der Waals surface area (Å²) in [4.78, 5) is 25.8. The molecule has 0 unspecified atom stereocenters. The molecule has 0 aromatic carbocycles. The van der Waals surface area contributed by atoms with Crippen LogP contribution in [0.25, 0.3) is 11.0 Å². The van der Waals surface area contributed by atoms with E-state index >= 15 is 0 Å². The second-order valence-electron chi connectivity index (χ2n) is 6.98. The quantitative estimate of drug-likeness (QED) is 0.374. The predicted molar refractivity (Wildman–Crippen MR) is 118 cm³/mol. The van der Waals surface area contributed by atoms with Gasteiger partial charge in [-0.1, -0.05) is 25.6 Å². The first-order valence-electron chi connectivity index (χ1n) is 9.90. The Hall–Kier alpha value is -2.88. The van der Waals surface area contributed by atoms with E-state index in [0.717, 1.165) is 23.4 Å². The zero-order valence-corrected chi connectivity index (χ0v) is 18.5. The molecule has 0 aliphatic rings. The van der Waals surface area contributed by atoms with Crippen LogP contribution in [0.4, 0.5) is 5.82 Å². The van der Waals surface area contributed by atoms with Crippen molar-refractivity contribution in [1.29, 1.82) is 0 Å². The molecule has 10 heteroatoms. The van der Waals surface area contributed by atoms with Crippen molar-refractivity contribution < 1.29 is 9.53 Å². The summed E-state index contributed by atoms with van der Waals surface area (Å²) >= 11 is 1.48. The van der Waals surface area contributed by atoms with E-state index in [1.165, 1.54) is 11.8 Å². The number of amides is 1. The highest BCUT2D eigenvalue weighted by Gasteiger charge is 2.15. The standard InChI is InChI=1S/C20H27N7O2S/c1-5-29-19-14(7-6-8-22-19)18(28)21-9-10-27-17-15(12-24-27)16(23-11-13(2)3)25-20(26-17)30-4/h6-8,12-13H,5,9-11H2,1-4H3,(H,21,28)(H,23,25,26). The third-order valence-electron chi connectivity index (χ3n) is 4.24. The van der Waals surface area contributed by atoms with Crippen LogP contribution in [0.2, 0.25) is 0 Å². The second kappa shape index (κ2) is 10.2. The molecule has 0 atom stereocenters. The van der Waals surface area contributed by atoms with Gasteiger partial charge in [-0.05, 0) is 31.2 Å². The van der Waals surface area contributed by atoms with E-state index in [2.05, 4.69) is 44.5 Å². The number of fused-ring (bicyclic) bond motifs is 1. The largest absolute Gasteiger partial charge is 0.477 e. The van der Waals surface area contributed by atoms with Gasteiger partial charge in [0.2, 0.25) is 5.88 Å². The Morgan fingerprint density at radius 1 is 1.33 bits per heavy atom. The molecule has 0 aliphatic heterocycles. The van der Waals surface area contributed by atoms with E-state index in [1.807, 2.05) is 13.2 Å². The highest BCUT2D eigenvalue weighted by atomic mass is 32.2. The Balaban J connectivity index is 1.72. The Bertz CT molecular complexity index is 1010. The van der Waals surface area contributed by atoms with Gasteiger partial charge in [-0.3, -0.25) is 4.79 Å². The van der Waals surface area contributed by atoms with Crippen LogP contribution >= 0.6 is 11.8 Å². The molecule has 160 valence electrons. The van der Waals surface area contributed by atoms with E-state index < -0.39 is 0 Å². The molecule has 0 fully saturated rings. The number of hydrogen-bond acceptors (Lipinski definition) is 8. The summed E-state index contributed by atoms with van der Waals surface area (Å²) in [5, 5.41) is 12.3. The van der Waals surface area contributed by atoms with E-state index in [9.17, 15) is 4.79 Å². The summed E-state index contributed by atoms with van der Waals surface area (Å²) < 4.78 is 7.21. The van der Waals surface area contributed by atoms with Crippen molar-refractivity contribution >= 4 is 34.5 Å². The third kappa shape index (κ3) is 5.18. The lowest BCUT2D eigenvalue weighted by Gasteiger charge is -2.11. The molecule has 9 nitrogen and oxygen atoms in total. The number of nitrogens with zero attached hydrogens (tertiary/aromatic N) is 5. The third-order valence-corrected chi connectivity index (χ3v) is 4.79. The maximum atomic E-state index is 12.5. The van der Waals surface area contributed by atoms with Gasteiger partial charge in [0, 0.05) is 19.3 Å². The summed E-state index contributed by atoms with van der Waals surface area (Å²) in [5.74, 6) is 1.37. The van der Waals surface area contributed by atoms with Crippen LogP contribution in [0.5, 0.6) is 5.88 Å². The summed E-state index contributed by atoms with van der Waals surface area (Å²) in [6.07, 6.45) is 5.31. The van der Waals surface area contributed by atoms with Gasteiger partial charge in [0.1, 0.15) is 11.4 Å². The van der Waals surface area contributed by atoms with Crippen molar-refractivity contribution in [3.63, 3.8) is 0 Å². The van der Waals surface area contributed by atoms with E-state index in [4.69, 9.17) is 4.74 Å². The van der Waals surface area contributed by atoms with Crippen LogP contribution in [0, 0.1) is 5.92 Å². The summed E-state index contributed by atoms with van der Waals surface area (Å²) in [7, 11) is 0. The van der Waals surface area contributed by atoms with Crippen molar-refractivity contribution in [1.82, 2.24) is 30.0 Å². The first-order chi connectivity index (χ1) is 14.5. The summed E-state index contributed by atoms with van der Waals surface area (Å²) in [5.41, 5.74) is 1.16. The average molecular weight is 430 g/mol. The monoisotopic (exact) mass is 429 g/mol. The second-order valence-corrected chi connectivity index (χ2v) is 7.76. The lowest BCUT2D eigenvalue weighted by molar-refractivity contribution is 0.0947. The van der Waals surface area contributed by atoms with Crippen molar-refractivity contribution in [2.24, 2.45) is 5.92 Å². The maximum absolute atomic E-state index is 12.5. The normalized spacial score (nSPS) is 11.1. The van der Waals surface area contributed by atoms with Crippen LogP contribution < -0.4 is 15.4 Å². The van der Waals surface area contributed by atoms with Crippen LogP contribution in [0.1, 0.15) is 31.1 Å². The molecule has 3 heterocycles. The Morgan fingerprint density at radius 3 is 2.90 bits per heavy atom. The smallest absolute Gasteiger partial charge is 0.256 e. The zero-order chi connectivity index (χ0) is 21.5. The van der Waals surface area contributed by atoms with Gasteiger partial charge >= 0.3 is 0 Å². The van der Waals surface area contributed by atoms with Gasteiger partial charge in [-0.25, -0.2) is 19.6 Å². The van der Waals surface area contributed by atoms with Crippen molar-refractivity contribution in [3.05, 3.63) is 30.1 Å². The average Bonchev–Trinajstić information content (AvgIpc) is 3.15. The molecule has 0 bridgehead atoms. The fourth-order valence-corrected chi connectivity index (χ4v) is 3.17. The Morgan fingerprint density at radius 2 is 2.17 bits per heavy atom. The summed E-state index contributed by atoms with van der Waals surface area (Å²) in [6, 6.07) is 3.41. The van der Waals surface area contributed by atoms with E-state index in [0.29, 0.717) is 42.2 Å². The van der Waals surface area contributed by atoms with E-state index in [-0.39, 0.29) is 5.91 Å². The van der Waals surface area contributed by atoms with Gasteiger partial charge in [0.05, 0.1) is 24.7 Å². The number of pyridine rings is 1. The first kappa shape index (κ1) is 21.8. The molecule has 3 aromatic rings. The number of ether oxygens (including phenoxy) is 1. The highest BCUT2D eigenvalue weighted by molar-refractivity contribution is 7.98. The molecular formula is C20H27N7O2S. The van der Waals surface area contributed by atoms with Crippen LogP contribution in [-0.2, 0) is 6.54 Å². The molecule has 0 radical (unpaired) electrons. The lowest BCUT2D eigenvalue weighted by atomic mass is 10.2. The molecule has 3 aromatic heterocycles. The number of hydrogen-bond donors (Lipinski definition) is 2. The van der Waals surface area contributed by atoms with Crippen molar-refractivity contribution in [2.45, 2.75) is 32.5 Å². The number of aromatic nitrogens is 5. The van der Waals surface area contributed by atoms with Gasteiger partial charge in [-0.15, -0.1) is 0 Å². The van der Waals surface area contributed by atoms with Gasteiger partial charge in [-0.2, -0.15) is 5.10 Å². The maximum Gasteiger partial charge on any atom is 0.256 e. The first-order valence-corrected chi connectivity index (χ1v) is 11.1. The molecule has 0 spiro atoms. The highest BCUT2D eigenvalue weighted by Crippen LogP contribution is 2.23. The molecule has 3 rings (SSSR count). The van der Waals surface area contributed by atoms with E-state index in [1.54, 1.807) is 29.2 Å². The molecular weight excluding hydrogens is 402 g/mol.